The molecule has 0 aromatic heterocycles. The lowest BCUT2D eigenvalue weighted by Crippen LogP contribution is -2.47. The first-order valence-electron chi connectivity index (χ1n) is 8.21. The Morgan fingerprint density at radius 3 is 1.63 bits per heavy atom. The number of nitrogens with two attached hydrogens (primary N) is 1. The molecule has 0 spiro atoms. The Morgan fingerprint density at radius 2 is 1.15 bits per heavy atom. The molecule has 0 saturated carbocycles. The molecule has 1 saturated heterocycles. The first kappa shape index (κ1) is 19.2. The smallest absolute Gasteiger partial charge is 0.397 e. The van der Waals surface area contributed by atoms with Crippen molar-refractivity contribution < 1.29 is 26.3 Å². The van der Waals surface area contributed by atoms with Crippen LogP contribution in [0.1, 0.15) is 11.1 Å². The van der Waals surface area contributed by atoms with Crippen molar-refractivity contribution in [2.45, 2.75) is 12.4 Å². The van der Waals surface area contributed by atoms with E-state index in [4.69, 9.17) is 5.73 Å². The minimum absolute atomic E-state index is 0.0184. The topological polar surface area (TPSA) is 32.5 Å². The molecule has 2 aromatic rings. The van der Waals surface area contributed by atoms with E-state index in [0.717, 1.165) is 16.7 Å². The van der Waals surface area contributed by atoms with E-state index in [-0.39, 0.29) is 26.2 Å². The number of halogens is 6. The molecule has 3 nitrogen and oxygen atoms in total. The molecule has 0 amide bonds. The highest BCUT2D eigenvalue weighted by molar-refractivity contribution is 5.69. The number of alkyl halides is 6. The van der Waals surface area contributed by atoms with Crippen LogP contribution in [-0.2, 0) is 12.4 Å². The van der Waals surface area contributed by atoms with Crippen LogP contribution in [0.15, 0.2) is 42.5 Å². The lowest BCUT2D eigenvalue weighted by atomic mass is 10.0. The monoisotopic (exact) mass is 389 g/mol. The molecule has 1 aliphatic heterocycles. The fraction of sp³-hybridized carbons (Fsp3) is 0.333. The average molecular weight is 389 g/mol. The molecule has 2 N–H and O–H groups in total. The number of nitrogen functional groups attached to an aromatic ring is 1. The molecule has 9 heteroatoms. The number of nitrogens with zero attached hydrogens (tertiary/aromatic N) is 2. The molecule has 1 fully saturated rings. The third-order valence-corrected chi connectivity index (χ3v) is 4.52. The maximum absolute atomic E-state index is 13.3. The molecule has 1 heterocycles. The van der Waals surface area contributed by atoms with Gasteiger partial charge in [-0.15, -0.1) is 0 Å². The Kier molecular flexibility index (Phi) is 4.88. The number of benzene rings is 2. The second kappa shape index (κ2) is 6.86. The van der Waals surface area contributed by atoms with Crippen LogP contribution in [-0.4, -0.2) is 26.2 Å². The van der Waals surface area contributed by atoms with Gasteiger partial charge in [0.15, 0.2) is 0 Å². The maximum Gasteiger partial charge on any atom is 0.418 e. The van der Waals surface area contributed by atoms with Gasteiger partial charge in [0.1, 0.15) is 0 Å². The summed E-state index contributed by atoms with van der Waals surface area (Å²) in [6, 6.07) is 9.16. The van der Waals surface area contributed by atoms with E-state index in [9.17, 15) is 26.3 Å². The molecule has 0 radical (unpaired) electrons. The minimum Gasteiger partial charge on any atom is -0.397 e. The maximum atomic E-state index is 13.3. The number of hydrogen-bond donors (Lipinski definition) is 1. The van der Waals surface area contributed by atoms with Gasteiger partial charge in [-0.25, -0.2) is 0 Å². The Bertz CT molecular complexity index is 775. The first-order chi connectivity index (χ1) is 12.6. The summed E-state index contributed by atoms with van der Waals surface area (Å²) < 4.78 is 80.1. The second-order valence-corrected chi connectivity index (χ2v) is 6.23. The van der Waals surface area contributed by atoms with Crippen molar-refractivity contribution in [2.75, 3.05) is 41.7 Å². The molecule has 0 unspecified atom stereocenters. The van der Waals surface area contributed by atoms with Crippen LogP contribution in [0.4, 0.5) is 43.4 Å². The highest BCUT2D eigenvalue weighted by atomic mass is 19.4. The highest BCUT2D eigenvalue weighted by Crippen LogP contribution is 2.44. The predicted molar refractivity (Wildman–Crippen MR) is 91.7 cm³/mol. The molecule has 2 aromatic carbocycles. The van der Waals surface area contributed by atoms with Crippen LogP contribution in [0.3, 0.4) is 0 Å². The van der Waals surface area contributed by atoms with Crippen LogP contribution >= 0.6 is 0 Å². The van der Waals surface area contributed by atoms with Gasteiger partial charge in [0.05, 0.1) is 28.2 Å². The van der Waals surface area contributed by atoms with Gasteiger partial charge in [-0.1, -0.05) is 18.2 Å². The SMILES string of the molecule is Nc1ccccc1N1CCN(c2c(C(F)(F)F)cccc2C(F)(F)F)CC1. The predicted octanol–water partition coefficient (Wildman–Crippen LogP) is 4.63. The summed E-state index contributed by atoms with van der Waals surface area (Å²) in [4.78, 5) is 3.01. The second-order valence-electron chi connectivity index (χ2n) is 6.23. The van der Waals surface area contributed by atoms with Crippen molar-refractivity contribution in [3.05, 3.63) is 53.6 Å². The highest BCUT2D eigenvalue weighted by Gasteiger charge is 2.42. The van der Waals surface area contributed by atoms with Crippen LogP contribution in [0.5, 0.6) is 0 Å². The summed E-state index contributed by atoms with van der Waals surface area (Å²) in [6.45, 7) is 0.560. The fourth-order valence-electron chi connectivity index (χ4n) is 3.29. The van der Waals surface area contributed by atoms with E-state index >= 15 is 0 Å². The van der Waals surface area contributed by atoms with Gasteiger partial charge in [-0.2, -0.15) is 26.3 Å². The van der Waals surface area contributed by atoms with Gasteiger partial charge in [0, 0.05) is 26.2 Å². The van der Waals surface area contributed by atoms with E-state index < -0.39 is 29.2 Å². The Hall–Kier alpha value is -2.58. The van der Waals surface area contributed by atoms with Gasteiger partial charge in [-0.3, -0.25) is 0 Å². The zero-order valence-corrected chi connectivity index (χ0v) is 14.1. The molecule has 146 valence electrons. The third kappa shape index (κ3) is 3.91. The summed E-state index contributed by atoms with van der Waals surface area (Å²) in [5.41, 5.74) is 3.78. The van der Waals surface area contributed by atoms with Crippen LogP contribution in [0.2, 0.25) is 0 Å². The number of para-hydroxylation sites is 3. The van der Waals surface area contributed by atoms with Crippen LogP contribution in [0.25, 0.3) is 0 Å². The Balaban J connectivity index is 1.93. The van der Waals surface area contributed by atoms with Gasteiger partial charge in [0.25, 0.3) is 0 Å². The number of hydrogen-bond acceptors (Lipinski definition) is 3. The largest absolute Gasteiger partial charge is 0.418 e. The van der Waals surface area contributed by atoms with Gasteiger partial charge in [-0.05, 0) is 24.3 Å². The van der Waals surface area contributed by atoms with Crippen molar-refractivity contribution in [1.82, 2.24) is 0 Å². The number of piperazine rings is 1. The first-order valence-corrected chi connectivity index (χ1v) is 8.21. The summed E-state index contributed by atoms with van der Waals surface area (Å²) in [5, 5.41) is 0. The quantitative estimate of drug-likeness (QED) is 0.600. The third-order valence-electron chi connectivity index (χ3n) is 4.52. The lowest BCUT2D eigenvalue weighted by molar-refractivity contribution is -0.142. The zero-order valence-electron chi connectivity index (χ0n) is 14.1. The lowest BCUT2D eigenvalue weighted by Gasteiger charge is -2.39. The standard InChI is InChI=1S/C18H17F6N3/c19-17(20,21)12-4-3-5-13(18(22,23)24)16(12)27-10-8-26(9-11-27)15-7-2-1-6-14(15)25/h1-7H,8-11,25H2. The molecule has 3 rings (SSSR count). The number of rotatable bonds is 2. The number of anilines is 3. The van der Waals surface area contributed by atoms with E-state index in [2.05, 4.69) is 0 Å². The molecule has 0 atom stereocenters. The van der Waals surface area contributed by atoms with E-state index in [1.165, 1.54) is 0 Å². The Labute approximate surface area is 152 Å². The van der Waals surface area contributed by atoms with E-state index in [1.54, 1.807) is 24.3 Å². The molecule has 27 heavy (non-hydrogen) atoms. The molecule has 0 aliphatic carbocycles. The van der Waals surface area contributed by atoms with Crippen molar-refractivity contribution >= 4 is 17.1 Å². The fourth-order valence-corrected chi connectivity index (χ4v) is 3.29. The van der Waals surface area contributed by atoms with Crippen molar-refractivity contribution in [3.8, 4) is 0 Å². The average Bonchev–Trinajstić information content (AvgIpc) is 2.60. The van der Waals surface area contributed by atoms with Gasteiger partial charge in [0.2, 0.25) is 0 Å². The van der Waals surface area contributed by atoms with Crippen molar-refractivity contribution in [3.63, 3.8) is 0 Å². The zero-order chi connectivity index (χ0) is 19.8. The summed E-state index contributed by atoms with van der Waals surface area (Å²) in [6.07, 6.45) is -9.75. The van der Waals surface area contributed by atoms with Crippen LogP contribution in [0, 0.1) is 0 Å². The summed E-state index contributed by atoms with van der Waals surface area (Å²) in [5.74, 6) is 0. The van der Waals surface area contributed by atoms with Gasteiger partial charge < -0.3 is 15.5 Å². The Morgan fingerprint density at radius 1 is 0.667 bits per heavy atom. The molecule has 0 bridgehead atoms. The van der Waals surface area contributed by atoms with Crippen molar-refractivity contribution in [2.24, 2.45) is 0 Å². The summed E-state index contributed by atoms with van der Waals surface area (Å²) >= 11 is 0. The van der Waals surface area contributed by atoms with Crippen LogP contribution < -0.4 is 15.5 Å². The van der Waals surface area contributed by atoms with Crippen molar-refractivity contribution in [1.29, 1.82) is 0 Å². The van der Waals surface area contributed by atoms with Gasteiger partial charge >= 0.3 is 12.4 Å². The molecular weight excluding hydrogens is 372 g/mol. The van der Waals surface area contributed by atoms with E-state index in [1.807, 2.05) is 4.90 Å². The summed E-state index contributed by atoms with van der Waals surface area (Å²) in [7, 11) is 0. The molecular formula is C18H17F6N3. The van der Waals surface area contributed by atoms with E-state index in [0.29, 0.717) is 17.8 Å². The normalized spacial score (nSPS) is 15.9. The minimum atomic E-state index is -4.88. The molecule has 1 aliphatic rings.